The Labute approximate surface area is 118 Å². The van der Waals surface area contributed by atoms with Gasteiger partial charge in [-0.15, -0.1) is 0 Å². The number of pyridine rings is 1. The molecule has 0 bridgehead atoms. The molecule has 7 heteroatoms. The van der Waals surface area contributed by atoms with Crippen molar-refractivity contribution in [3.05, 3.63) is 17.8 Å². The van der Waals surface area contributed by atoms with E-state index in [9.17, 15) is 13.6 Å². The van der Waals surface area contributed by atoms with Crippen LogP contribution in [0.15, 0.2) is 12.1 Å². The second-order valence-electron chi connectivity index (χ2n) is 5.52. The van der Waals surface area contributed by atoms with Crippen LogP contribution in [0.4, 0.5) is 13.9 Å². The average molecular weight is 297 g/mol. The Morgan fingerprint density at radius 3 is 2.70 bits per heavy atom. The Bertz CT molecular complexity index is 690. The summed E-state index contributed by atoms with van der Waals surface area (Å²) in [6, 6.07) is 3.66. The molecule has 1 amide bonds. The molecule has 1 aliphatic rings. The summed E-state index contributed by atoms with van der Waals surface area (Å²) >= 11 is 1.25. The zero-order chi connectivity index (χ0) is 14.5. The monoisotopic (exact) mass is 297 g/mol. The van der Waals surface area contributed by atoms with Gasteiger partial charge in [-0.05, 0) is 19.1 Å². The Hall–Kier alpha value is -1.63. The number of alkyl halides is 2. The fourth-order valence-corrected chi connectivity index (χ4v) is 3.34. The Balaban J connectivity index is 1.78. The molecule has 0 spiro atoms. The highest BCUT2D eigenvalue weighted by molar-refractivity contribution is 7.21. The summed E-state index contributed by atoms with van der Waals surface area (Å²) in [5, 5.41) is 3.03. The number of thiazole rings is 1. The Morgan fingerprint density at radius 2 is 2.05 bits per heavy atom. The zero-order valence-electron chi connectivity index (χ0n) is 11.0. The highest BCUT2D eigenvalue weighted by atomic mass is 32.1. The van der Waals surface area contributed by atoms with Crippen LogP contribution in [0.5, 0.6) is 0 Å². The van der Waals surface area contributed by atoms with Crippen molar-refractivity contribution in [1.82, 2.24) is 9.97 Å². The van der Waals surface area contributed by atoms with Crippen molar-refractivity contribution in [2.24, 2.45) is 5.41 Å². The van der Waals surface area contributed by atoms with E-state index in [1.807, 2.05) is 19.1 Å². The van der Waals surface area contributed by atoms with Gasteiger partial charge in [-0.2, -0.15) is 0 Å². The zero-order valence-corrected chi connectivity index (χ0v) is 11.9. The standard InChI is InChI=1S/C13H13F2N3OS/c1-7-3-4-8-9(16-7)20-11(17-8)18-10(19)12(2)5-13(14,15)6-12/h3-4H,5-6H2,1-2H3,(H,17,18,19). The molecule has 106 valence electrons. The maximum Gasteiger partial charge on any atom is 0.250 e. The van der Waals surface area contributed by atoms with Crippen LogP contribution < -0.4 is 5.32 Å². The van der Waals surface area contributed by atoms with Crippen molar-refractivity contribution in [2.45, 2.75) is 32.6 Å². The molecule has 0 saturated heterocycles. The van der Waals surface area contributed by atoms with Gasteiger partial charge in [0.05, 0.1) is 5.41 Å². The van der Waals surface area contributed by atoms with Crippen LogP contribution >= 0.6 is 11.3 Å². The van der Waals surface area contributed by atoms with E-state index in [2.05, 4.69) is 15.3 Å². The van der Waals surface area contributed by atoms with E-state index in [0.29, 0.717) is 10.6 Å². The summed E-state index contributed by atoms with van der Waals surface area (Å²) in [4.78, 5) is 21.3. The average Bonchev–Trinajstić information content (AvgIpc) is 2.67. The number of aromatic nitrogens is 2. The van der Waals surface area contributed by atoms with Gasteiger partial charge in [0.15, 0.2) is 5.13 Å². The molecule has 0 aromatic carbocycles. The summed E-state index contributed by atoms with van der Waals surface area (Å²) in [7, 11) is 0. The van der Waals surface area contributed by atoms with Gasteiger partial charge in [0.2, 0.25) is 11.8 Å². The molecule has 0 atom stereocenters. The number of halogens is 2. The molecule has 1 saturated carbocycles. The molecule has 1 aliphatic carbocycles. The maximum absolute atomic E-state index is 12.9. The number of amides is 1. The topological polar surface area (TPSA) is 54.9 Å². The van der Waals surface area contributed by atoms with Gasteiger partial charge in [-0.25, -0.2) is 18.7 Å². The molecule has 2 aromatic rings. The summed E-state index contributed by atoms with van der Waals surface area (Å²) in [6.07, 6.45) is -0.817. The molecule has 3 rings (SSSR count). The summed E-state index contributed by atoms with van der Waals surface area (Å²) in [5.41, 5.74) is 0.551. The van der Waals surface area contributed by atoms with Crippen LogP contribution in [-0.2, 0) is 4.79 Å². The lowest BCUT2D eigenvalue weighted by atomic mass is 9.67. The van der Waals surface area contributed by atoms with Crippen molar-refractivity contribution in [3.63, 3.8) is 0 Å². The van der Waals surface area contributed by atoms with E-state index in [-0.39, 0.29) is 0 Å². The van der Waals surface area contributed by atoms with Crippen molar-refractivity contribution >= 4 is 32.7 Å². The molecule has 2 heterocycles. The van der Waals surface area contributed by atoms with Crippen LogP contribution in [0.1, 0.15) is 25.5 Å². The second-order valence-corrected chi connectivity index (χ2v) is 6.50. The summed E-state index contributed by atoms with van der Waals surface area (Å²) < 4.78 is 25.9. The molecule has 0 unspecified atom stereocenters. The number of hydrogen-bond donors (Lipinski definition) is 1. The molecule has 2 aromatic heterocycles. The normalized spacial score (nSPS) is 19.6. The van der Waals surface area contributed by atoms with Gasteiger partial charge in [0, 0.05) is 18.5 Å². The molecular formula is C13H13F2N3OS. The fraction of sp³-hybridized carbons (Fsp3) is 0.462. The van der Waals surface area contributed by atoms with Crippen molar-refractivity contribution in [1.29, 1.82) is 0 Å². The van der Waals surface area contributed by atoms with Gasteiger partial charge >= 0.3 is 0 Å². The van der Waals surface area contributed by atoms with Crippen LogP contribution in [0, 0.1) is 12.3 Å². The lowest BCUT2D eigenvalue weighted by Gasteiger charge is -2.42. The van der Waals surface area contributed by atoms with E-state index in [4.69, 9.17) is 0 Å². The van der Waals surface area contributed by atoms with Gasteiger partial charge in [-0.3, -0.25) is 4.79 Å². The quantitative estimate of drug-likeness (QED) is 0.924. The number of carbonyl (C=O) groups is 1. The van der Waals surface area contributed by atoms with Crippen LogP contribution in [0.3, 0.4) is 0 Å². The molecule has 0 aliphatic heterocycles. The largest absolute Gasteiger partial charge is 0.301 e. The number of nitrogens with zero attached hydrogens (tertiary/aromatic N) is 2. The lowest BCUT2D eigenvalue weighted by Crippen LogP contribution is -2.51. The van der Waals surface area contributed by atoms with Crippen LogP contribution in [-0.4, -0.2) is 21.8 Å². The third-order valence-electron chi connectivity index (χ3n) is 3.46. The van der Waals surface area contributed by atoms with E-state index < -0.39 is 30.1 Å². The number of nitrogens with one attached hydrogen (secondary N) is 1. The number of carbonyl (C=O) groups excluding carboxylic acids is 1. The fourth-order valence-electron chi connectivity index (χ4n) is 2.46. The number of aryl methyl sites for hydroxylation is 1. The predicted molar refractivity (Wildman–Crippen MR) is 73.1 cm³/mol. The van der Waals surface area contributed by atoms with Crippen LogP contribution in [0.2, 0.25) is 0 Å². The van der Waals surface area contributed by atoms with E-state index >= 15 is 0 Å². The minimum absolute atomic E-state index is 0.402. The van der Waals surface area contributed by atoms with Crippen molar-refractivity contribution in [2.75, 3.05) is 5.32 Å². The Kier molecular flexibility index (Phi) is 2.79. The number of anilines is 1. The molecule has 1 N–H and O–H groups in total. The third-order valence-corrected chi connectivity index (χ3v) is 4.34. The van der Waals surface area contributed by atoms with Gasteiger partial charge in [-0.1, -0.05) is 18.3 Å². The van der Waals surface area contributed by atoms with E-state index in [1.54, 1.807) is 6.92 Å². The van der Waals surface area contributed by atoms with E-state index in [1.165, 1.54) is 11.3 Å². The van der Waals surface area contributed by atoms with Crippen molar-refractivity contribution in [3.8, 4) is 0 Å². The second kappa shape index (κ2) is 4.18. The highest BCUT2D eigenvalue weighted by Gasteiger charge is 2.57. The summed E-state index contributed by atoms with van der Waals surface area (Å²) in [6.45, 7) is 3.42. The molecule has 1 fully saturated rings. The van der Waals surface area contributed by atoms with Gasteiger partial charge in [0.1, 0.15) is 10.3 Å². The number of fused-ring (bicyclic) bond motifs is 1. The SMILES string of the molecule is Cc1ccc2nc(NC(=O)C3(C)CC(F)(F)C3)sc2n1. The number of rotatable bonds is 2. The minimum atomic E-state index is -2.72. The first-order valence-corrected chi connectivity index (χ1v) is 7.03. The van der Waals surface area contributed by atoms with Crippen molar-refractivity contribution < 1.29 is 13.6 Å². The molecular weight excluding hydrogens is 284 g/mol. The third kappa shape index (κ3) is 2.26. The molecule has 4 nitrogen and oxygen atoms in total. The number of hydrogen-bond acceptors (Lipinski definition) is 4. The van der Waals surface area contributed by atoms with E-state index in [0.717, 1.165) is 10.5 Å². The van der Waals surface area contributed by atoms with Gasteiger partial charge in [0.25, 0.3) is 0 Å². The summed E-state index contributed by atoms with van der Waals surface area (Å²) in [5.74, 6) is -3.13. The first-order valence-electron chi connectivity index (χ1n) is 6.21. The lowest BCUT2D eigenvalue weighted by molar-refractivity contribution is -0.170. The Morgan fingerprint density at radius 1 is 1.35 bits per heavy atom. The molecule has 0 radical (unpaired) electrons. The smallest absolute Gasteiger partial charge is 0.250 e. The predicted octanol–water partition coefficient (Wildman–Crippen LogP) is 3.37. The first kappa shape index (κ1) is 13.4. The first-order chi connectivity index (χ1) is 9.27. The maximum atomic E-state index is 12.9. The van der Waals surface area contributed by atoms with Gasteiger partial charge < -0.3 is 5.32 Å². The minimum Gasteiger partial charge on any atom is -0.301 e. The highest BCUT2D eigenvalue weighted by Crippen LogP contribution is 2.52. The molecule has 20 heavy (non-hydrogen) atoms. The van der Waals surface area contributed by atoms with Crippen LogP contribution in [0.25, 0.3) is 10.3 Å².